The SMILES string of the molecule is Cc1cccc2nc(N)n(CC3CCCN(C)C3)c12. The number of anilines is 1. The first-order valence-corrected chi connectivity index (χ1v) is 7.05. The molecule has 0 saturated carbocycles. The maximum Gasteiger partial charge on any atom is 0.201 e. The van der Waals surface area contributed by atoms with Crippen molar-refractivity contribution in [1.29, 1.82) is 0 Å². The Morgan fingerprint density at radius 1 is 1.42 bits per heavy atom. The van der Waals surface area contributed by atoms with Crippen LogP contribution in [0.5, 0.6) is 0 Å². The van der Waals surface area contributed by atoms with Gasteiger partial charge < -0.3 is 15.2 Å². The third kappa shape index (κ3) is 2.32. The molecule has 0 aliphatic carbocycles. The summed E-state index contributed by atoms with van der Waals surface area (Å²) in [5.41, 5.74) is 9.59. The average molecular weight is 258 g/mol. The first kappa shape index (κ1) is 12.5. The van der Waals surface area contributed by atoms with Crippen LogP contribution in [0.1, 0.15) is 18.4 Å². The Morgan fingerprint density at radius 3 is 3.05 bits per heavy atom. The molecule has 1 saturated heterocycles. The van der Waals surface area contributed by atoms with E-state index in [-0.39, 0.29) is 0 Å². The van der Waals surface area contributed by atoms with Gasteiger partial charge in [0.1, 0.15) is 0 Å². The van der Waals surface area contributed by atoms with Gasteiger partial charge in [-0.1, -0.05) is 12.1 Å². The molecule has 2 aromatic rings. The van der Waals surface area contributed by atoms with Crippen LogP contribution >= 0.6 is 0 Å². The van der Waals surface area contributed by atoms with Gasteiger partial charge in [-0.15, -0.1) is 0 Å². The molecular formula is C15H22N4. The van der Waals surface area contributed by atoms with Crippen LogP contribution in [0.4, 0.5) is 5.95 Å². The standard InChI is InChI=1S/C15H22N4/c1-11-5-3-7-13-14(11)19(15(16)17-13)10-12-6-4-8-18(2)9-12/h3,5,7,12H,4,6,8-10H2,1-2H3,(H2,16,17). The summed E-state index contributed by atoms with van der Waals surface area (Å²) < 4.78 is 2.20. The predicted molar refractivity (Wildman–Crippen MR) is 79.1 cm³/mol. The largest absolute Gasteiger partial charge is 0.369 e. The fourth-order valence-corrected chi connectivity index (χ4v) is 3.25. The van der Waals surface area contributed by atoms with Gasteiger partial charge in [0.05, 0.1) is 11.0 Å². The minimum absolute atomic E-state index is 0.650. The number of nitrogens with two attached hydrogens (primary N) is 1. The van der Waals surface area contributed by atoms with E-state index in [2.05, 4.69) is 34.5 Å². The molecule has 2 heterocycles. The Balaban J connectivity index is 1.94. The predicted octanol–water partition coefficient (Wildman–Crippen LogP) is 2.27. The van der Waals surface area contributed by atoms with Crippen LogP contribution in [0, 0.1) is 12.8 Å². The molecule has 102 valence electrons. The Morgan fingerprint density at radius 2 is 2.26 bits per heavy atom. The lowest BCUT2D eigenvalue weighted by atomic mass is 9.98. The number of rotatable bonds is 2. The molecule has 3 rings (SSSR count). The highest BCUT2D eigenvalue weighted by molar-refractivity contribution is 5.81. The molecule has 19 heavy (non-hydrogen) atoms. The lowest BCUT2D eigenvalue weighted by molar-refractivity contribution is 0.196. The molecule has 0 amide bonds. The summed E-state index contributed by atoms with van der Waals surface area (Å²) in [6.07, 6.45) is 2.57. The fraction of sp³-hybridized carbons (Fsp3) is 0.533. The van der Waals surface area contributed by atoms with Crippen molar-refractivity contribution < 1.29 is 0 Å². The van der Waals surface area contributed by atoms with Gasteiger partial charge in [-0.2, -0.15) is 0 Å². The minimum Gasteiger partial charge on any atom is -0.369 e. The monoisotopic (exact) mass is 258 g/mol. The van der Waals surface area contributed by atoms with Crippen LogP contribution in [0.3, 0.4) is 0 Å². The number of aromatic nitrogens is 2. The fourth-order valence-electron chi connectivity index (χ4n) is 3.25. The quantitative estimate of drug-likeness (QED) is 0.899. The number of para-hydroxylation sites is 1. The van der Waals surface area contributed by atoms with E-state index >= 15 is 0 Å². The van der Waals surface area contributed by atoms with Crippen molar-refractivity contribution in [1.82, 2.24) is 14.5 Å². The van der Waals surface area contributed by atoms with Crippen LogP contribution in [-0.4, -0.2) is 34.6 Å². The topological polar surface area (TPSA) is 47.1 Å². The molecule has 1 unspecified atom stereocenters. The normalized spacial score (nSPS) is 21.1. The van der Waals surface area contributed by atoms with Gasteiger partial charge in [0.2, 0.25) is 5.95 Å². The van der Waals surface area contributed by atoms with Crippen molar-refractivity contribution >= 4 is 17.0 Å². The molecule has 1 aromatic carbocycles. The van der Waals surface area contributed by atoms with Gasteiger partial charge in [-0.3, -0.25) is 0 Å². The summed E-state index contributed by atoms with van der Waals surface area (Å²) in [4.78, 5) is 6.90. The van der Waals surface area contributed by atoms with E-state index in [1.54, 1.807) is 0 Å². The lowest BCUT2D eigenvalue weighted by Crippen LogP contribution is -2.34. The summed E-state index contributed by atoms with van der Waals surface area (Å²) in [6.45, 7) is 5.49. The minimum atomic E-state index is 0.650. The number of fused-ring (bicyclic) bond motifs is 1. The maximum atomic E-state index is 6.11. The molecule has 1 aromatic heterocycles. The van der Waals surface area contributed by atoms with Crippen LogP contribution in [0.2, 0.25) is 0 Å². The van der Waals surface area contributed by atoms with Crippen molar-refractivity contribution in [2.45, 2.75) is 26.3 Å². The molecule has 1 fully saturated rings. The van der Waals surface area contributed by atoms with Crippen LogP contribution in [0.15, 0.2) is 18.2 Å². The molecule has 0 radical (unpaired) electrons. The number of piperidine rings is 1. The van der Waals surface area contributed by atoms with Crippen molar-refractivity contribution in [3.05, 3.63) is 23.8 Å². The lowest BCUT2D eigenvalue weighted by Gasteiger charge is -2.30. The third-order valence-electron chi connectivity index (χ3n) is 4.16. The Bertz CT molecular complexity index is 587. The second-order valence-electron chi connectivity index (χ2n) is 5.79. The number of hydrogen-bond acceptors (Lipinski definition) is 3. The Hall–Kier alpha value is -1.55. The van der Waals surface area contributed by atoms with E-state index in [1.165, 1.54) is 30.5 Å². The number of nitrogens with zero attached hydrogens (tertiary/aromatic N) is 3. The highest BCUT2D eigenvalue weighted by atomic mass is 15.2. The highest BCUT2D eigenvalue weighted by Crippen LogP contribution is 2.25. The molecule has 0 bridgehead atoms. The molecule has 1 aliphatic heterocycles. The van der Waals surface area contributed by atoms with E-state index < -0.39 is 0 Å². The van der Waals surface area contributed by atoms with E-state index in [1.807, 2.05) is 12.1 Å². The first-order valence-electron chi connectivity index (χ1n) is 7.05. The van der Waals surface area contributed by atoms with E-state index in [9.17, 15) is 0 Å². The maximum absolute atomic E-state index is 6.11. The Kier molecular flexibility index (Phi) is 3.19. The molecule has 4 heteroatoms. The van der Waals surface area contributed by atoms with Gasteiger partial charge in [-0.05, 0) is 50.9 Å². The number of benzene rings is 1. The first-order chi connectivity index (χ1) is 9.15. The zero-order chi connectivity index (χ0) is 13.4. The number of imidazole rings is 1. The van der Waals surface area contributed by atoms with Gasteiger partial charge in [-0.25, -0.2) is 4.98 Å². The summed E-state index contributed by atoms with van der Waals surface area (Å²) in [5, 5.41) is 0. The number of aryl methyl sites for hydroxylation is 1. The van der Waals surface area contributed by atoms with Crippen molar-refractivity contribution in [2.24, 2.45) is 5.92 Å². The van der Waals surface area contributed by atoms with E-state index in [4.69, 9.17) is 5.73 Å². The number of nitrogen functional groups attached to an aromatic ring is 1. The second kappa shape index (κ2) is 4.85. The average Bonchev–Trinajstić information content (AvgIpc) is 2.67. The molecule has 4 nitrogen and oxygen atoms in total. The van der Waals surface area contributed by atoms with Crippen molar-refractivity contribution in [2.75, 3.05) is 25.9 Å². The van der Waals surface area contributed by atoms with E-state index in [0.29, 0.717) is 11.9 Å². The van der Waals surface area contributed by atoms with E-state index in [0.717, 1.165) is 18.6 Å². The van der Waals surface area contributed by atoms with Crippen molar-refractivity contribution in [3.63, 3.8) is 0 Å². The zero-order valence-corrected chi connectivity index (χ0v) is 11.8. The summed E-state index contributed by atoms with van der Waals surface area (Å²) >= 11 is 0. The molecular weight excluding hydrogens is 236 g/mol. The summed E-state index contributed by atoms with van der Waals surface area (Å²) in [5.74, 6) is 1.33. The van der Waals surface area contributed by atoms with Gasteiger partial charge in [0.25, 0.3) is 0 Å². The molecule has 2 N–H and O–H groups in total. The number of likely N-dealkylation sites (tertiary alicyclic amines) is 1. The molecule has 1 aliphatic rings. The zero-order valence-electron chi connectivity index (χ0n) is 11.8. The van der Waals surface area contributed by atoms with Crippen LogP contribution < -0.4 is 5.73 Å². The van der Waals surface area contributed by atoms with Gasteiger partial charge in [0, 0.05) is 13.1 Å². The van der Waals surface area contributed by atoms with Crippen LogP contribution in [-0.2, 0) is 6.54 Å². The van der Waals surface area contributed by atoms with Gasteiger partial charge >= 0.3 is 0 Å². The highest BCUT2D eigenvalue weighted by Gasteiger charge is 2.20. The number of hydrogen-bond donors (Lipinski definition) is 1. The van der Waals surface area contributed by atoms with Crippen molar-refractivity contribution in [3.8, 4) is 0 Å². The Labute approximate surface area is 114 Å². The second-order valence-corrected chi connectivity index (χ2v) is 5.79. The summed E-state index contributed by atoms with van der Waals surface area (Å²) in [7, 11) is 2.20. The molecule has 1 atom stereocenters. The van der Waals surface area contributed by atoms with Gasteiger partial charge in [0.15, 0.2) is 0 Å². The molecule has 0 spiro atoms. The third-order valence-corrected chi connectivity index (χ3v) is 4.16. The smallest absolute Gasteiger partial charge is 0.201 e. The van der Waals surface area contributed by atoms with Crippen LogP contribution in [0.25, 0.3) is 11.0 Å². The summed E-state index contributed by atoms with van der Waals surface area (Å²) in [6, 6.07) is 6.22.